The van der Waals surface area contributed by atoms with Crippen molar-refractivity contribution in [2.75, 3.05) is 7.05 Å². The number of nitrogens with zero attached hydrogens (tertiary/aromatic N) is 1. The van der Waals surface area contributed by atoms with E-state index in [1.165, 1.54) is 0 Å². The zero-order valence-electron chi connectivity index (χ0n) is 12.3. The Balaban J connectivity index is 0.000000741. The Kier molecular flexibility index (Phi) is 8.20. The number of hydrogen-bond acceptors (Lipinski definition) is 3. The molecule has 106 valence electrons. The second-order valence-corrected chi connectivity index (χ2v) is 3.22. The van der Waals surface area contributed by atoms with Gasteiger partial charge in [0.25, 0.3) is 5.56 Å². The zero-order chi connectivity index (χ0) is 14.8. The molecule has 1 heterocycles. The van der Waals surface area contributed by atoms with Crippen molar-refractivity contribution in [1.29, 1.82) is 0 Å². The molecule has 0 aliphatic carbocycles. The third kappa shape index (κ3) is 4.06. The van der Waals surface area contributed by atoms with E-state index in [1.807, 2.05) is 27.7 Å². The highest BCUT2D eigenvalue weighted by Gasteiger charge is 2.04. The van der Waals surface area contributed by atoms with Crippen LogP contribution in [0.1, 0.15) is 27.7 Å². The molecule has 2 aromatic rings. The summed E-state index contributed by atoms with van der Waals surface area (Å²) in [5, 5.41) is 3.29. The van der Waals surface area contributed by atoms with E-state index in [2.05, 4.69) is 10.3 Å². The largest absolute Gasteiger partial charge is 0.329 e. The fourth-order valence-corrected chi connectivity index (χ4v) is 1.50. The fourth-order valence-electron chi connectivity index (χ4n) is 1.50. The molecule has 19 heavy (non-hydrogen) atoms. The summed E-state index contributed by atoms with van der Waals surface area (Å²) in [6, 6.07) is 6.95. The van der Waals surface area contributed by atoms with Crippen molar-refractivity contribution in [3.05, 3.63) is 45.1 Å². The molecule has 0 saturated heterocycles. The van der Waals surface area contributed by atoms with Crippen LogP contribution in [-0.4, -0.2) is 16.6 Å². The first-order valence-electron chi connectivity index (χ1n) is 6.60. The summed E-state index contributed by atoms with van der Waals surface area (Å²) in [4.78, 5) is 26.0. The van der Waals surface area contributed by atoms with Crippen molar-refractivity contribution in [2.45, 2.75) is 34.4 Å². The Morgan fingerprint density at radius 3 is 2.26 bits per heavy atom. The quantitative estimate of drug-likeness (QED) is 0.871. The highest BCUT2D eigenvalue weighted by molar-refractivity contribution is 5.76. The number of hydrogen-bond donors (Lipinski definition) is 2. The highest BCUT2D eigenvalue weighted by atomic mass is 16.2. The van der Waals surface area contributed by atoms with E-state index in [9.17, 15) is 9.59 Å². The Labute approximate surface area is 113 Å². The molecule has 5 nitrogen and oxygen atoms in total. The van der Waals surface area contributed by atoms with Gasteiger partial charge in [-0.2, -0.15) is 0 Å². The van der Waals surface area contributed by atoms with Crippen molar-refractivity contribution in [3.63, 3.8) is 0 Å². The maximum atomic E-state index is 11.8. The van der Waals surface area contributed by atoms with Crippen molar-refractivity contribution >= 4 is 10.9 Å². The molecule has 0 bridgehead atoms. The minimum absolute atomic E-state index is 0.207. The Morgan fingerprint density at radius 2 is 1.68 bits per heavy atom. The summed E-state index contributed by atoms with van der Waals surface area (Å²) >= 11 is 0. The lowest BCUT2D eigenvalue weighted by atomic mass is 10.2. The van der Waals surface area contributed by atoms with Gasteiger partial charge in [-0.05, 0) is 19.2 Å². The van der Waals surface area contributed by atoms with E-state index in [0.29, 0.717) is 10.9 Å². The molecule has 0 radical (unpaired) electrons. The van der Waals surface area contributed by atoms with Crippen LogP contribution in [0.3, 0.4) is 0 Å². The molecular weight excluding hydrogens is 242 g/mol. The van der Waals surface area contributed by atoms with Gasteiger partial charge >= 0.3 is 5.69 Å². The average Bonchev–Trinajstić information content (AvgIpc) is 2.48. The van der Waals surface area contributed by atoms with Gasteiger partial charge in [-0.3, -0.25) is 4.79 Å². The van der Waals surface area contributed by atoms with Gasteiger partial charge in [0.05, 0.1) is 17.6 Å². The van der Waals surface area contributed by atoms with Crippen LogP contribution in [0.25, 0.3) is 10.9 Å². The Hall–Kier alpha value is -1.88. The van der Waals surface area contributed by atoms with Gasteiger partial charge in [-0.25, -0.2) is 9.36 Å². The summed E-state index contributed by atoms with van der Waals surface area (Å²) < 4.78 is 1.13. The molecule has 0 aliphatic heterocycles. The second-order valence-electron chi connectivity index (χ2n) is 3.22. The molecule has 5 heteroatoms. The van der Waals surface area contributed by atoms with Crippen LogP contribution in [0.15, 0.2) is 33.9 Å². The topological polar surface area (TPSA) is 66.9 Å². The number of H-pyrrole nitrogens is 1. The smallest absolute Gasteiger partial charge is 0.307 e. The first-order chi connectivity index (χ1) is 9.24. The van der Waals surface area contributed by atoms with E-state index in [-0.39, 0.29) is 12.2 Å². The van der Waals surface area contributed by atoms with Crippen LogP contribution >= 0.6 is 0 Å². The zero-order valence-corrected chi connectivity index (χ0v) is 12.3. The lowest BCUT2D eigenvalue weighted by molar-refractivity contribution is 0.574. The molecule has 1 aromatic carbocycles. The number of rotatable bonds is 2. The minimum Gasteiger partial charge on any atom is -0.307 e. The third-order valence-corrected chi connectivity index (χ3v) is 2.21. The number of aromatic nitrogens is 2. The number of para-hydroxylation sites is 1. The summed E-state index contributed by atoms with van der Waals surface area (Å²) in [6.07, 6.45) is 0. The molecule has 0 unspecified atom stereocenters. The van der Waals surface area contributed by atoms with Crippen LogP contribution in [0, 0.1) is 0 Å². The van der Waals surface area contributed by atoms with Gasteiger partial charge in [0.1, 0.15) is 0 Å². The van der Waals surface area contributed by atoms with Crippen molar-refractivity contribution in [3.8, 4) is 0 Å². The predicted molar refractivity (Wildman–Crippen MR) is 80.6 cm³/mol. The molecular formula is C14H23N3O2. The van der Waals surface area contributed by atoms with Gasteiger partial charge < -0.3 is 10.3 Å². The molecule has 2 rings (SSSR count). The van der Waals surface area contributed by atoms with Gasteiger partial charge in [0.2, 0.25) is 0 Å². The number of aromatic amines is 1. The first-order valence-corrected chi connectivity index (χ1v) is 6.60. The molecule has 0 fully saturated rings. The lowest BCUT2D eigenvalue weighted by Crippen LogP contribution is -2.38. The normalized spacial score (nSPS) is 9.11. The van der Waals surface area contributed by atoms with Crippen molar-refractivity contribution in [2.24, 2.45) is 0 Å². The summed E-state index contributed by atoms with van der Waals surface area (Å²) in [5.74, 6) is 0. The minimum atomic E-state index is -0.395. The third-order valence-electron chi connectivity index (χ3n) is 2.21. The molecule has 0 atom stereocenters. The van der Waals surface area contributed by atoms with E-state index in [1.54, 1.807) is 31.3 Å². The molecule has 0 spiro atoms. The fraction of sp³-hybridized carbons (Fsp3) is 0.429. The molecule has 1 aromatic heterocycles. The molecule has 0 aliphatic rings. The van der Waals surface area contributed by atoms with Crippen LogP contribution < -0.4 is 16.6 Å². The van der Waals surface area contributed by atoms with Gasteiger partial charge in [-0.1, -0.05) is 39.8 Å². The maximum absolute atomic E-state index is 11.8. The van der Waals surface area contributed by atoms with Gasteiger partial charge in [0, 0.05) is 0 Å². The van der Waals surface area contributed by atoms with E-state index in [4.69, 9.17) is 0 Å². The SMILES string of the molecule is CC.CC.CNCn1c(=O)[nH]c2ccccc2c1=O. The van der Waals surface area contributed by atoms with Crippen LogP contribution in [-0.2, 0) is 6.67 Å². The monoisotopic (exact) mass is 265 g/mol. The Bertz CT molecular complexity index is 599. The number of fused-ring (bicyclic) bond motifs is 1. The van der Waals surface area contributed by atoms with Gasteiger partial charge in [0.15, 0.2) is 0 Å². The maximum Gasteiger partial charge on any atom is 0.329 e. The van der Waals surface area contributed by atoms with Gasteiger partial charge in [-0.15, -0.1) is 0 Å². The lowest BCUT2D eigenvalue weighted by Gasteiger charge is -2.04. The number of benzene rings is 1. The number of nitrogens with one attached hydrogen (secondary N) is 2. The molecule has 2 N–H and O–H groups in total. The van der Waals surface area contributed by atoms with E-state index >= 15 is 0 Å². The average molecular weight is 265 g/mol. The second kappa shape index (κ2) is 9.10. The van der Waals surface area contributed by atoms with Crippen LogP contribution in [0.4, 0.5) is 0 Å². The van der Waals surface area contributed by atoms with Crippen molar-refractivity contribution in [1.82, 2.24) is 14.9 Å². The van der Waals surface area contributed by atoms with E-state index < -0.39 is 5.69 Å². The van der Waals surface area contributed by atoms with Crippen LogP contribution in [0.5, 0.6) is 0 Å². The molecule has 0 amide bonds. The highest BCUT2D eigenvalue weighted by Crippen LogP contribution is 2.02. The summed E-state index contributed by atoms with van der Waals surface area (Å²) in [5.41, 5.74) is -0.100. The summed E-state index contributed by atoms with van der Waals surface area (Å²) in [7, 11) is 1.68. The summed E-state index contributed by atoms with van der Waals surface area (Å²) in [6.45, 7) is 8.21. The van der Waals surface area contributed by atoms with E-state index in [0.717, 1.165) is 4.57 Å². The Morgan fingerprint density at radius 1 is 1.11 bits per heavy atom. The molecule has 0 saturated carbocycles. The predicted octanol–water partition coefficient (Wildman–Crippen LogP) is 1.92. The van der Waals surface area contributed by atoms with Crippen LogP contribution in [0.2, 0.25) is 0 Å². The standard InChI is InChI=1S/C10H11N3O2.2C2H6/c1-11-6-13-9(14)7-4-2-3-5-8(7)12-10(13)15;2*1-2/h2-5,11H,6H2,1H3,(H,12,15);2*1-2H3. The first kappa shape index (κ1) is 17.1. The van der Waals surface area contributed by atoms with Crippen molar-refractivity contribution < 1.29 is 0 Å².